The fourth-order valence-electron chi connectivity index (χ4n) is 2.21. The Kier molecular flexibility index (Phi) is 7.57. The van der Waals surface area contributed by atoms with E-state index in [-0.39, 0.29) is 6.10 Å². The van der Waals surface area contributed by atoms with Crippen LogP contribution in [0, 0.1) is 11.8 Å². The molecular formula is C17H28O2. The van der Waals surface area contributed by atoms with Gasteiger partial charge >= 0.3 is 0 Å². The quantitative estimate of drug-likeness (QED) is 0.697. The highest BCUT2D eigenvalue weighted by Gasteiger charge is 2.23. The van der Waals surface area contributed by atoms with Gasteiger partial charge in [-0.25, -0.2) is 0 Å². The molecule has 2 unspecified atom stereocenters. The van der Waals surface area contributed by atoms with Gasteiger partial charge in [0, 0.05) is 6.42 Å². The first-order chi connectivity index (χ1) is 9.13. The second-order valence-corrected chi connectivity index (χ2v) is 5.66. The number of aliphatic hydroxyl groups is 1. The number of hydrogen-bond acceptors (Lipinski definition) is 2. The molecule has 0 fully saturated rings. The Labute approximate surface area is 117 Å². The summed E-state index contributed by atoms with van der Waals surface area (Å²) in [5.41, 5.74) is 0. The third-order valence-corrected chi connectivity index (χ3v) is 3.35. The highest BCUT2D eigenvalue weighted by molar-refractivity contribution is 5.06. The largest absolute Gasteiger partial charge is 0.498 e. The molecule has 2 atom stereocenters. The van der Waals surface area contributed by atoms with Crippen LogP contribution in [0.5, 0.6) is 0 Å². The van der Waals surface area contributed by atoms with E-state index in [9.17, 15) is 5.11 Å². The van der Waals surface area contributed by atoms with Crippen LogP contribution in [-0.4, -0.2) is 17.8 Å². The van der Waals surface area contributed by atoms with Gasteiger partial charge in [0.05, 0.1) is 18.5 Å². The van der Waals surface area contributed by atoms with Crippen molar-refractivity contribution in [1.29, 1.82) is 0 Å². The van der Waals surface area contributed by atoms with E-state index in [0.717, 1.165) is 38.0 Å². The minimum atomic E-state index is -0.342. The van der Waals surface area contributed by atoms with Gasteiger partial charge in [0.1, 0.15) is 0 Å². The molecule has 0 aromatic carbocycles. The molecule has 0 saturated heterocycles. The topological polar surface area (TPSA) is 29.5 Å². The van der Waals surface area contributed by atoms with E-state index in [4.69, 9.17) is 4.74 Å². The molecule has 0 spiro atoms. The van der Waals surface area contributed by atoms with Crippen LogP contribution < -0.4 is 0 Å². The predicted octanol–water partition coefficient (Wildman–Crippen LogP) is 4.23. The van der Waals surface area contributed by atoms with Crippen LogP contribution >= 0.6 is 0 Å². The smallest absolute Gasteiger partial charge is 0.0945 e. The Balaban J connectivity index is 2.32. The lowest BCUT2D eigenvalue weighted by Gasteiger charge is -2.26. The molecule has 2 heteroatoms. The summed E-state index contributed by atoms with van der Waals surface area (Å²) >= 11 is 0. The summed E-state index contributed by atoms with van der Waals surface area (Å²) in [6.45, 7) is 7.04. The normalized spacial score (nSPS) is 24.4. The molecule has 0 aromatic heterocycles. The standard InChI is InChI=1S/C17H28O2/c1-4-5-6-7-8-9-15-10-11-16(12-17(15)18)19-13-14(2)3/h4-7,12,14-15,17-18H,8-11,13H2,1-3H3/b5-4+,7-6+. The number of allylic oxidation sites excluding steroid dienone is 5. The van der Waals surface area contributed by atoms with E-state index in [1.807, 2.05) is 25.2 Å². The van der Waals surface area contributed by atoms with Crippen molar-refractivity contribution in [2.75, 3.05) is 6.61 Å². The van der Waals surface area contributed by atoms with Gasteiger partial charge in [0.15, 0.2) is 0 Å². The van der Waals surface area contributed by atoms with Gasteiger partial charge in [-0.2, -0.15) is 0 Å². The fraction of sp³-hybridized carbons (Fsp3) is 0.647. The van der Waals surface area contributed by atoms with Crippen LogP contribution in [-0.2, 0) is 4.74 Å². The average molecular weight is 264 g/mol. The molecule has 108 valence electrons. The van der Waals surface area contributed by atoms with Gasteiger partial charge in [0.2, 0.25) is 0 Å². The highest BCUT2D eigenvalue weighted by Crippen LogP contribution is 2.28. The summed E-state index contributed by atoms with van der Waals surface area (Å²) in [6, 6.07) is 0. The minimum absolute atomic E-state index is 0.342. The van der Waals surface area contributed by atoms with E-state index in [0.29, 0.717) is 11.8 Å². The first-order valence-corrected chi connectivity index (χ1v) is 7.42. The molecule has 2 nitrogen and oxygen atoms in total. The maximum atomic E-state index is 10.1. The molecule has 1 aliphatic rings. The van der Waals surface area contributed by atoms with E-state index in [2.05, 4.69) is 26.0 Å². The van der Waals surface area contributed by atoms with Crippen molar-refractivity contribution in [3.8, 4) is 0 Å². The molecule has 19 heavy (non-hydrogen) atoms. The van der Waals surface area contributed by atoms with E-state index >= 15 is 0 Å². The van der Waals surface area contributed by atoms with E-state index in [1.54, 1.807) is 0 Å². The molecule has 0 saturated carbocycles. The third-order valence-electron chi connectivity index (χ3n) is 3.35. The summed E-state index contributed by atoms with van der Waals surface area (Å²) in [5, 5.41) is 10.1. The summed E-state index contributed by atoms with van der Waals surface area (Å²) in [7, 11) is 0. The number of hydrogen-bond donors (Lipinski definition) is 1. The molecule has 0 radical (unpaired) electrons. The Morgan fingerprint density at radius 1 is 1.42 bits per heavy atom. The zero-order chi connectivity index (χ0) is 14.1. The number of rotatable bonds is 7. The lowest BCUT2D eigenvalue weighted by atomic mass is 9.87. The van der Waals surface area contributed by atoms with Crippen LogP contribution in [0.3, 0.4) is 0 Å². The molecule has 0 aliphatic heterocycles. The maximum absolute atomic E-state index is 10.1. The van der Waals surface area contributed by atoms with Gasteiger partial charge in [-0.15, -0.1) is 0 Å². The Hall–Kier alpha value is -1.02. The highest BCUT2D eigenvalue weighted by atomic mass is 16.5. The van der Waals surface area contributed by atoms with Gasteiger partial charge in [-0.05, 0) is 44.1 Å². The van der Waals surface area contributed by atoms with Gasteiger partial charge in [0.25, 0.3) is 0 Å². The van der Waals surface area contributed by atoms with Gasteiger partial charge in [-0.1, -0.05) is 38.2 Å². The van der Waals surface area contributed by atoms with Gasteiger partial charge < -0.3 is 9.84 Å². The SMILES string of the molecule is C/C=C/C=C/CCC1CCC(OCC(C)C)=CC1O. The van der Waals surface area contributed by atoms with Crippen LogP contribution in [0.2, 0.25) is 0 Å². The lowest BCUT2D eigenvalue weighted by molar-refractivity contribution is 0.0991. The molecule has 0 amide bonds. The zero-order valence-corrected chi connectivity index (χ0v) is 12.5. The Morgan fingerprint density at radius 3 is 2.84 bits per heavy atom. The van der Waals surface area contributed by atoms with Crippen LogP contribution in [0.15, 0.2) is 36.1 Å². The molecule has 0 heterocycles. The molecule has 0 aromatic rings. The summed E-state index contributed by atoms with van der Waals surface area (Å²) < 4.78 is 5.70. The predicted molar refractivity (Wildman–Crippen MR) is 80.8 cm³/mol. The molecule has 1 aliphatic carbocycles. The fourth-order valence-corrected chi connectivity index (χ4v) is 2.21. The van der Waals surface area contributed by atoms with Crippen molar-refractivity contribution in [2.24, 2.45) is 11.8 Å². The third kappa shape index (κ3) is 6.63. The maximum Gasteiger partial charge on any atom is 0.0945 e. The van der Waals surface area contributed by atoms with Crippen molar-refractivity contribution in [2.45, 2.75) is 52.6 Å². The lowest BCUT2D eigenvalue weighted by Crippen LogP contribution is -2.23. The first-order valence-electron chi connectivity index (χ1n) is 7.42. The van der Waals surface area contributed by atoms with Crippen molar-refractivity contribution >= 4 is 0 Å². The van der Waals surface area contributed by atoms with Crippen molar-refractivity contribution in [3.63, 3.8) is 0 Å². The summed E-state index contributed by atoms with van der Waals surface area (Å²) in [4.78, 5) is 0. The van der Waals surface area contributed by atoms with E-state index in [1.165, 1.54) is 0 Å². The first kappa shape index (κ1) is 16.0. The molecule has 1 N–H and O–H groups in total. The molecule has 1 rings (SSSR count). The number of ether oxygens (including phenoxy) is 1. The average Bonchev–Trinajstić information content (AvgIpc) is 2.38. The van der Waals surface area contributed by atoms with Crippen molar-refractivity contribution in [3.05, 3.63) is 36.1 Å². The summed E-state index contributed by atoms with van der Waals surface area (Å²) in [6.07, 6.45) is 13.9. The molecular weight excluding hydrogens is 236 g/mol. The monoisotopic (exact) mass is 264 g/mol. The van der Waals surface area contributed by atoms with Gasteiger partial charge in [-0.3, -0.25) is 0 Å². The van der Waals surface area contributed by atoms with Crippen molar-refractivity contribution in [1.82, 2.24) is 0 Å². The summed E-state index contributed by atoms with van der Waals surface area (Å²) in [5.74, 6) is 1.89. The minimum Gasteiger partial charge on any atom is -0.498 e. The molecule has 0 bridgehead atoms. The van der Waals surface area contributed by atoms with Crippen LogP contribution in [0.4, 0.5) is 0 Å². The van der Waals surface area contributed by atoms with Crippen LogP contribution in [0.25, 0.3) is 0 Å². The Morgan fingerprint density at radius 2 is 2.21 bits per heavy atom. The second-order valence-electron chi connectivity index (χ2n) is 5.66. The second kappa shape index (κ2) is 8.98. The number of aliphatic hydroxyl groups excluding tert-OH is 1. The van der Waals surface area contributed by atoms with Crippen LogP contribution in [0.1, 0.15) is 46.5 Å². The van der Waals surface area contributed by atoms with Crippen molar-refractivity contribution < 1.29 is 9.84 Å². The Bertz CT molecular complexity index is 326. The van der Waals surface area contributed by atoms with E-state index < -0.39 is 0 Å². The zero-order valence-electron chi connectivity index (χ0n) is 12.5.